The second-order valence-corrected chi connectivity index (χ2v) is 9.85. The van der Waals surface area contributed by atoms with Gasteiger partial charge in [-0.05, 0) is 19.9 Å². The standard InChI is InChI=1S/C12H18N2OSi/c1-10(2)14-12(15)7-6-11(13-14)8-9-16(3,4)5/h6-7,10H,1-5H3. The first-order valence-corrected chi connectivity index (χ1v) is 8.92. The summed E-state index contributed by atoms with van der Waals surface area (Å²) in [7, 11) is -1.39. The smallest absolute Gasteiger partial charge is 0.267 e. The van der Waals surface area contributed by atoms with Crippen molar-refractivity contribution in [3.8, 4) is 11.5 Å². The molecule has 0 aliphatic heterocycles. The molecule has 0 unspecified atom stereocenters. The molecule has 0 aliphatic rings. The Morgan fingerprint density at radius 3 is 2.44 bits per heavy atom. The van der Waals surface area contributed by atoms with Crippen LogP contribution < -0.4 is 5.56 Å². The van der Waals surface area contributed by atoms with Crippen LogP contribution in [0.25, 0.3) is 0 Å². The van der Waals surface area contributed by atoms with Gasteiger partial charge in [0.1, 0.15) is 13.8 Å². The van der Waals surface area contributed by atoms with Crippen LogP contribution in [0.5, 0.6) is 0 Å². The van der Waals surface area contributed by atoms with Crippen molar-refractivity contribution in [3.05, 3.63) is 28.2 Å². The van der Waals surface area contributed by atoms with Crippen LogP contribution in [-0.4, -0.2) is 17.9 Å². The average Bonchev–Trinajstić information content (AvgIpc) is 2.14. The molecule has 0 saturated carbocycles. The fourth-order valence-corrected chi connectivity index (χ4v) is 1.62. The third-order valence-electron chi connectivity index (χ3n) is 1.88. The molecule has 86 valence electrons. The maximum absolute atomic E-state index is 11.5. The molecule has 0 aromatic carbocycles. The van der Waals surface area contributed by atoms with E-state index in [1.165, 1.54) is 10.7 Å². The van der Waals surface area contributed by atoms with Crippen molar-refractivity contribution < 1.29 is 0 Å². The molecule has 1 aromatic heterocycles. The Morgan fingerprint density at radius 2 is 1.94 bits per heavy atom. The molecule has 0 bridgehead atoms. The van der Waals surface area contributed by atoms with Gasteiger partial charge in [0.15, 0.2) is 0 Å². The second kappa shape index (κ2) is 4.66. The van der Waals surface area contributed by atoms with Gasteiger partial charge in [-0.2, -0.15) is 5.10 Å². The first-order valence-electron chi connectivity index (χ1n) is 5.42. The number of nitrogens with zero attached hydrogens (tertiary/aromatic N) is 2. The average molecular weight is 234 g/mol. The van der Waals surface area contributed by atoms with Crippen LogP contribution in [0.3, 0.4) is 0 Å². The molecule has 4 heteroatoms. The molecule has 0 radical (unpaired) electrons. The molecule has 0 N–H and O–H groups in total. The van der Waals surface area contributed by atoms with E-state index in [0.29, 0.717) is 5.69 Å². The zero-order chi connectivity index (χ0) is 12.3. The number of aromatic nitrogens is 2. The summed E-state index contributed by atoms with van der Waals surface area (Å²) in [5.41, 5.74) is 3.84. The predicted octanol–water partition coefficient (Wildman–Crippen LogP) is 2.05. The van der Waals surface area contributed by atoms with Crippen LogP contribution in [-0.2, 0) is 0 Å². The number of hydrogen-bond acceptors (Lipinski definition) is 2. The lowest BCUT2D eigenvalue weighted by Crippen LogP contribution is -2.24. The van der Waals surface area contributed by atoms with Crippen LogP contribution in [0.2, 0.25) is 19.6 Å². The predicted molar refractivity (Wildman–Crippen MR) is 69.1 cm³/mol. The van der Waals surface area contributed by atoms with Crippen molar-refractivity contribution in [2.75, 3.05) is 0 Å². The normalized spacial score (nSPS) is 11.1. The van der Waals surface area contributed by atoms with Crippen LogP contribution >= 0.6 is 0 Å². The Bertz CT molecular complexity index is 486. The van der Waals surface area contributed by atoms with Gasteiger partial charge in [0.05, 0.1) is 6.04 Å². The highest BCUT2D eigenvalue weighted by Crippen LogP contribution is 2.00. The van der Waals surface area contributed by atoms with Crippen LogP contribution in [0.1, 0.15) is 25.6 Å². The van der Waals surface area contributed by atoms with Crippen LogP contribution in [0.4, 0.5) is 0 Å². The van der Waals surface area contributed by atoms with E-state index < -0.39 is 8.07 Å². The molecular weight excluding hydrogens is 216 g/mol. The Balaban J connectivity index is 3.13. The molecule has 1 aromatic rings. The molecule has 0 amide bonds. The summed E-state index contributed by atoms with van der Waals surface area (Å²) in [6.07, 6.45) is 0. The van der Waals surface area contributed by atoms with E-state index in [4.69, 9.17) is 0 Å². The summed E-state index contributed by atoms with van der Waals surface area (Å²) in [5.74, 6) is 3.05. The van der Waals surface area contributed by atoms with E-state index in [2.05, 4.69) is 36.2 Å². The van der Waals surface area contributed by atoms with E-state index in [1.54, 1.807) is 6.07 Å². The lowest BCUT2D eigenvalue weighted by molar-refractivity contribution is 0.500. The molecule has 16 heavy (non-hydrogen) atoms. The highest BCUT2D eigenvalue weighted by Gasteiger charge is 2.08. The first-order chi connectivity index (χ1) is 7.29. The fourth-order valence-electron chi connectivity index (χ4n) is 1.11. The van der Waals surface area contributed by atoms with Gasteiger partial charge in [-0.3, -0.25) is 4.79 Å². The third-order valence-corrected chi connectivity index (χ3v) is 2.75. The maximum Gasteiger partial charge on any atom is 0.267 e. The first kappa shape index (κ1) is 12.7. The second-order valence-electron chi connectivity index (χ2n) is 5.10. The molecule has 0 spiro atoms. The molecular formula is C12H18N2OSi. The van der Waals surface area contributed by atoms with Gasteiger partial charge < -0.3 is 0 Å². The van der Waals surface area contributed by atoms with Crippen molar-refractivity contribution in [1.82, 2.24) is 9.78 Å². The summed E-state index contributed by atoms with van der Waals surface area (Å²) in [6.45, 7) is 10.4. The van der Waals surface area contributed by atoms with Gasteiger partial charge in [0.25, 0.3) is 5.56 Å². The SMILES string of the molecule is CC(C)n1nc(C#C[Si](C)(C)C)ccc1=O. The molecule has 3 nitrogen and oxygen atoms in total. The van der Waals surface area contributed by atoms with Crippen molar-refractivity contribution in [1.29, 1.82) is 0 Å². The summed E-state index contributed by atoms with van der Waals surface area (Å²) in [4.78, 5) is 11.5. The van der Waals surface area contributed by atoms with Crippen molar-refractivity contribution in [2.24, 2.45) is 0 Å². The van der Waals surface area contributed by atoms with Crippen molar-refractivity contribution in [2.45, 2.75) is 39.5 Å². The summed E-state index contributed by atoms with van der Waals surface area (Å²) < 4.78 is 1.47. The van der Waals surface area contributed by atoms with Gasteiger partial charge in [-0.25, -0.2) is 4.68 Å². The minimum atomic E-state index is -1.39. The zero-order valence-corrected chi connectivity index (χ0v) is 11.5. The van der Waals surface area contributed by atoms with E-state index in [9.17, 15) is 4.79 Å². The van der Waals surface area contributed by atoms with Crippen molar-refractivity contribution in [3.63, 3.8) is 0 Å². The minimum absolute atomic E-state index is 0.0705. The highest BCUT2D eigenvalue weighted by molar-refractivity contribution is 6.83. The monoisotopic (exact) mass is 234 g/mol. The molecule has 0 fully saturated rings. The van der Waals surface area contributed by atoms with E-state index >= 15 is 0 Å². The number of rotatable bonds is 1. The zero-order valence-electron chi connectivity index (χ0n) is 10.5. The molecule has 1 heterocycles. The van der Waals surface area contributed by atoms with Gasteiger partial charge in [-0.15, -0.1) is 5.54 Å². The lowest BCUT2D eigenvalue weighted by Gasteiger charge is -2.07. The van der Waals surface area contributed by atoms with Crippen LogP contribution in [0, 0.1) is 11.5 Å². The van der Waals surface area contributed by atoms with Gasteiger partial charge in [-0.1, -0.05) is 25.6 Å². The maximum atomic E-state index is 11.5. The molecule has 0 aliphatic carbocycles. The summed E-state index contributed by atoms with van der Waals surface area (Å²) >= 11 is 0. The quantitative estimate of drug-likeness (QED) is 0.550. The fraction of sp³-hybridized carbons (Fsp3) is 0.500. The molecule has 0 atom stereocenters. The Hall–Kier alpha value is -1.34. The highest BCUT2D eigenvalue weighted by atomic mass is 28.3. The minimum Gasteiger partial charge on any atom is -0.268 e. The van der Waals surface area contributed by atoms with Gasteiger partial charge in [0.2, 0.25) is 0 Å². The molecule has 0 saturated heterocycles. The van der Waals surface area contributed by atoms with Gasteiger partial charge in [0, 0.05) is 6.07 Å². The Labute approximate surface area is 97.5 Å². The number of hydrogen-bond donors (Lipinski definition) is 0. The Kier molecular flexibility index (Phi) is 3.71. The van der Waals surface area contributed by atoms with E-state index in [-0.39, 0.29) is 11.6 Å². The topological polar surface area (TPSA) is 34.9 Å². The summed E-state index contributed by atoms with van der Waals surface area (Å²) in [6, 6.07) is 3.29. The molecule has 1 rings (SSSR count). The van der Waals surface area contributed by atoms with E-state index in [0.717, 1.165) is 0 Å². The van der Waals surface area contributed by atoms with Crippen LogP contribution in [0.15, 0.2) is 16.9 Å². The van der Waals surface area contributed by atoms with Gasteiger partial charge >= 0.3 is 0 Å². The van der Waals surface area contributed by atoms with E-state index in [1.807, 2.05) is 13.8 Å². The third kappa shape index (κ3) is 3.67. The summed E-state index contributed by atoms with van der Waals surface area (Å²) in [5, 5.41) is 4.23. The Morgan fingerprint density at radius 1 is 1.31 bits per heavy atom. The lowest BCUT2D eigenvalue weighted by atomic mass is 10.3. The largest absolute Gasteiger partial charge is 0.268 e. The van der Waals surface area contributed by atoms with Crippen molar-refractivity contribution >= 4 is 8.07 Å².